The topological polar surface area (TPSA) is 64.6 Å². The van der Waals surface area contributed by atoms with E-state index in [1.807, 2.05) is 0 Å². The van der Waals surface area contributed by atoms with E-state index in [4.69, 9.17) is 9.47 Å². The van der Waals surface area contributed by atoms with Crippen LogP contribution < -0.4 is 10.1 Å². The molecule has 0 aromatic heterocycles. The Morgan fingerprint density at radius 1 is 1.11 bits per heavy atom. The van der Waals surface area contributed by atoms with E-state index in [9.17, 15) is 22.8 Å². The predicted octanol–water partition coefficient (Wildman–Crippen LogP) is 3.55. The molecule has 0 bridgehead atoms. The third-order valence-corrected chi connectivity index (χ3v) is 3.74. The van der Waals surface area contributed by atoms with E-state index in [0.29, 0.717) is 11.6 Å². The van der Waals surface area contributed by atoms with E-state index in [2.05, 4.69) is 5.32 Å². The molecule has 1 atom stereocenters. The summed E-state index contributed by atoms with van der Waals surface area (Å²) < 4.78 is 49.7. The first-order valence-corrected chi connectivity index (χ1v) is 8.23. The smallest absolute Gasteiger partial charge is 0.331 e. The quantitative estimate of drug-likeness (QED) is 0.577. The van der Waals surface area contributed by atoms with E-state index in [1.54, 1.807) is 0 Å². The van der Waals surface area contributed by atoms with Gasteiger partial charge in [-0.2, -0.15) is 0 Å². The van der Waals surface area contributed by atoms with E-state index in [1.165, 1.54) is 44.4 Å². The summed E-state index contributed by atoms with van der Waals surface area (Å²) in [4.78, 5) is 23.5. The van der Waals surface area contributed by atoms with Gasteiger partial charge in [0.15, 0.2) is 18.2 Å². The molecule has 0 spiro atoms. The molecule has 2 aromatic rings. The van der Waals surface area contributed by atoms with Crippen LogP contribution in [-0.4, -0.2) is 25.6 Å². The van der Waals surface area contributed by atoms with Crippen LogP contribution in [0.5, 0.6) is 5.75 Å². The fourth-order valence-corrected chi connectivity index (χ4v) is 2.35. The van der Waals surface area contributed by atoms with Crippen molar-refractivity contribution in [2.24, 2.45) is 0 Å². The molecule has 0 unspecified atom stereocenters. The Hall–Kier alpha value is -3.29. The summed E-state index contributed by atoms with van der Waals surface area (Å²) in [6.07, 6.45) is 2.36. The summed E-state index contributed by atoms with van der Waals surface area (Å²) in [6, 6.07) is 6.39. The number of esters is 1. The first kappa shape index (κ1) is 21.0. The summed E-state index contributed by atoms with van der Waals surface area (Å²) >= 11 is 0. The van der Waals surface area contributed by atoms with Crippen molar-refractivity contribution >= 4 is 18.0 Å². The second kappa shape index (κ2) is 9.59. The maximum absolute atomic E-state index is 13.7. The van der Waals surface area contributed by atoms with Crippen LogP contribution in [0, 0.1) is 17.5 Å². The number of amides is 1. The number of benzene rings is 2. The van der Waals surface area contributed by atoms with Crippen molar-refractivity contribution in [3.8, 4) is 5.75 Å². The molecule has 1 N–H and O–H groups in total. The SMILES string of the molecule is COc1ccc(/C=C/C(=O)OCC(=O)N[C@@H](C)c2ccc(F)cc2F)cc1F. The van der Waals surface area contributed by atoms with Crippen LogP contribution in [0.15, 0.2) is 42.5 Å². The minimum Gasteiger partial charge on any atom is -0.494 e. The molecule has 0 fully saturated rings. The van der Waals surface area contributed by atoms with Crippen molar-refractivity contribution in [1.29, 1.82) is 0 Å². The lowest BCUT2D eigenvalue weighted by Crippen LogP contribution is -2.31. The van der Waals surface area contributed by atoms with Crippen molar-refractivity contribution in [3.05, 3.63) is 71.1 Å². The minimum atomic E-state index is -0.813. The standard InChI is InChI=1S/C20H18F3NO4/c1-12(15-6-5-14(21)10-16(15)22)24-19(25)11-28-20(26)8-4-13-3-7-18(27-2)17(23)9-13/h3-10,12H,11H2,1-2H3,(H,24,25)/b8-4+/t12-/m0/s1. The highest BCUT2D eigenvalue weighted by molar-refractivity contribution is 5.89. The normalized spacial score (nSPS) is 11.9. The van der Waals surface area contributed by atoms with E-state index < -0.39 is 42.0 Å². The Labute approximate surface area is 159 Å². The molecule has 0 aliphatic heterocycles. The predicted molar refractivity (Wildman–Crippen MR) is 95.9 cm³/mol. The number of methoxy groups -OCH3 is 1. The highest BCUT2D eigenvalue weighted by atomic mass is 19.1. The average molecular weight is 393 g/mol. The van der Waals surface area contributed by atoms with Gasteiger partial charge in [-0.25, -0.2) is 18.0 Å². The lowest BCUT2D eigenvalue weighted by Gasteiger charge is -2.15. The number of hydrogen-bond acceptors (Lipinski definition) is 4. The van der Waals surface area contributed by atoms with Crippen LogP contribution in [0.25, 0.3) is 6.08 Å². The molecule has 1 amide bonds. The number of carbonyl (C=O) groups excluding carboxylic acids is 2. The summed E-state index contributed by atoms with van der Waals surface area (Å²) in [5.41, 5.74) is 0.502. The monoisotopic (exact) mass is 393 g/mol. The summed E-state index contributed by atoms with van der Waals surface area (Å²) in [6.45, 7) is 0.918. The van der Waals surface area contributed by atoms with Gasteiger partial charge in [-0.3, -0.25) is 4.79 Å². The Morgan fingerprint density at radius 3 is 2.50 bits per heavy atom. The molecule has 0 radical (unpaired) electrons. The molecule has 8 heteroatoms. The van der Waals surface area contributed by atoms with Crippen molar-refractivity contribution in [2.45, 2.75) is 13.0 Å². The van der Waals surface area contributed by atoms with Crippen molar-refractivity contribution < 1.29 is 32.2 Å². The molecule has 0 heterocycles. The largest absolute Gasteiger partial charge is 0.494 e. The van der Waals surface area contributed by atoms with Gasteiger partial charge in [-0.15, -0.1) is 0 Å². The molecule has 2 aromatic carbocycles. The van der Waals surface area contributed by atoms with Crippen LogP contribution in [0.1, 0.15) is 24.1 Å². The number of carbonyl (C=O) groups is 2. The van der Waals surface area contributed by atoms with Crippen molar-refractivity contribution in [1.82, 2.24) is 5.32 Å². The molecule has 5 nitrogen and oxygen atoms in total. The lowest BCUT2D eigenvalue weighted by atomic mass is 10.1. The minimum absolute atomic E-state index is 0.0723. The summed E-state index contributed by atoms with van der Waals surface area (Å²) in [5, 5.41) is 2.44. The second-order valence-corrected chi connectivity index (χ2v) is 5.79. The van der Waals surface area contributed by atoms with Gasteiger partial charge < -0.3 is 14.8 Å². The van der Waals surface area contributed by atoms with Gasteiger partial charge in [-0.1, -0.05) is 12.1 Å². The molecule has 28 heavy (non-hydrogen) atoms. The Kier molecular flexibility index (Phi) is 7.20. The molecule has 148 valence electrons. The molecular weight excluding hydrogens is 375 g/mol. The van der Waals surface area contributed by atoms with Gasteiger partial charge in [0.1, 0.15) is 11.6 Å². The molecule has 2 rings (SSSR count). The van der Waals surface area contributed by atoms with Crippen LogP contribution in [0.3, 0.4) is 0 Å². The zero-order valence-electron chi connectivity index (χ0n) is 15.2. The van der Waals surface area contributed by atoms with Crippen molar-refractivity contribution in [3.63, 3.8) is 0 Å². The van der Waals surface area contributed by atoms with Gasteiger partial charge in [0.05, 0.1) is 13.2 Å². The van der Waals surface area contributed by atoms with E-state index in [0.717, 1.165) is 12.1 Å². The van der Waals surface area contributed by atoms with Crippen LogP contribution >= 0.6 is 0 Å². The van der Waals surface area contributed by atoms with Gasteiger partial charge in [0, 0.05) is 17.7 Å². The van der Waals surface area contributed by atoms with Gasteiger partial charge in [0.2, 0.25) is 0 Å². The Balaban J connectivity index is 1.84. The average Bonchev–Trinajstić information content (AvgIpc) is 2.64. The second-order valence-electron chi connectivity index (χ2n) is 5.79. The first-order valence-electron chi connectivity index (χ1n) is 8.23. The zero-order valence-corrected chi connectivity index (χ0v) is 15.2. The highest BCUT2D eigenvalue weighted by Crippen LogP contribution is 2.19. The lowest BCUT2D eigenvalue weighted by molar-refractivity contribution is -0.144. The number of ether oxygens (including phenoxy) is 2. The van der Waals surface area contributed by atoms with Crippen LogP contribution in [-0.2, 0) is 14.3 Å². The Bertz CT molecular complexity index is 899. The molecular formula is C20H18F3NO4. The zero-order chi connectivity index (χ0) is 20.7. The highest BCUT2D eigenvalue weighted by Gasteiger charge is 2.15. The molecule has 0 aliphatic rings. The van der Waals surface area contributed by atoms with Crippen LogP contribution in [0.4, 0.5) is 13.2 Å². The third kappa shape index (κ3) is 5.87. The van der Waals surface area contributed by atoms with Crippen LogP contribution in [0.2, 0.25) is 0 Å². The number of rotatable bonds is 7. The van der Waals surface area contributed by atoms with Gasteiger partial charge >= 0.3 is 5.97 Å². The molecule has 0 saturated heterocycles. The van der Waals surface area contributed by atoms with Crippen molar-refractivity contribution in [2.75, 3.05) is 13.7 Å². The van der Waals surface area contributed by atoms with E-state index in [-0.39, 0.29) is 11.3 Å². The number of halogens is 3. The Morgan fingerprint density at radius 2 is 1.86 bits per heavy atom. The summed E-state index contributed by atoms with van der Waals surface area (Å²) in [5.74, 6) is -3.50. The first-order chi connectivity index (χ1) is 13.3. The molecule has 0 saturated carbocycles. The molecule has 0 aliphatic carbocycles. The fraction of sp³-hybridized carbons (Fsp3) is 0.200. The van der Waals surface area contributed by atoms with E-state index >= 15 is 0 Å². The summed E-state index contributed by atoms with van der Waals surface area (Å²) in [7, 11) is 1.33. The van der Waals surface area contributed by atoms with Gasteiger partial charge in [0.25, 0.3) is 5.91 Å². The fourth-order valence-electron chi connectivity index (χ4n) is 2.35. The number of hydrogen-bond donors (Lipinski definition) is 1. The van der Waals surface area contributed by atoms with Gasteiger partial charge in [-0.05, 0) is 36.8 Å². The maximum Gasteiger partial charge on any atom is 0.331 e. The number of nitrogens with one attached hydrogen (secondary N) is 1. The maximum atomic E-state index is 13.7. The third-order valence-electron chi connectivity index (χ3n) is 3.74.